The quantitative estimate of drug-likeness (QED) is 0.303. The lowest BCUT2D eigenvalue weighted by atomic mass is 10.1. The maximum atomic E-state index is 13.1. The monoisotopic (exact) mass is 542 g/mol. The number of hydrogen-bond donors (Lipinski definition) is 3. The number of carbonyl (C=O) groups is 3. The summed E-state index contributed by atoms with van der Waals surface area (Å²) in [5.41, 5.74) is 1.69. The number of nitrogens with one attached hydrogen (secondary N) is 3. The van der Waals surface area contributed by atoms with E-state index in [0.717, 1.165) is 18.0 Å². The van der Waals surface area contributed by atoms with Crippen molar-refractivity contribution < 1.29 is 28.6 Å². The number of nitrogens with zero attached hydrogens (tertiary/aromatic N) is 3. The van der Waals surface area contributed by atoms with E-state index >= 15 is 0 Å². The number of carbonyl (C=O) groups excluding carboxylic acids is 3. The van der Waals surface area contributed by atoms with Gasteiger partial charge in [-0.25, -0.2) is 9.59 Å². The minimum Gasteiger partial charge on any atom is -0.444 e. The van der Waals surface area contributed by atoms with Gasteiger partial charge in [-0.15, -0.1) is 11.3 Å². The first kappa shape index (κ1) is 30.7. The lowest BCUT2D eigenvalue weighted by Gasteiger charge is -2.29. The Balaban J connectivity index is 1.79. The Labute approximate surface area is 223 Å². The Bertz CT molecular complexity index is 808. The molecule has 37 heavy (non-hydrogen) atoms. The maximum absolute atomic E-state index is 13.1. The first-order valence-electron chi connectivity index (χ1n) is 12.7. The second-order valence-electron chi connectivity index (χ2n) is 9.24. The maximum Gasteiger partial charge on any atom is 0.407 e. The van der Waals surface area contributed by atoms with Crippen LogP contribution < -0.4 is 16.0 Å². The molecule has 1 saturated heterocycles. The minimum atomic E-state index is -0.667. The van der Waals surface area contributed by atoms with Crippen LogP contribution in [0.2, 0.25) is 0 Å². The van der Waals surface area contributed by atoms with Crippen molar-refractivity contribution in [2.24, 2.45) is 0 Å². The summed E-state index contributed by atoms with van der Waals surface area (Å²) in [5, 5.41) is 8.70. The van der Waals surface area contributed by atoms with Crippen molar-refractivity contribution in [2.75, 3.05) is 60.2 Å². The van der Waals surface area contributed by atoms with Crippen molar-refractivity contribution in [1.29, 1.82) is 0 Å². The second kappa shape index (κ2) is 17.1. The van der Waals surface area contributed by atoms with Crippen LogP contribution in [-0.4, -0.2) is 111 Å². The van der Waals surface area contributed by atoms with Crippen LogP contribution in [0.3, 0.4) is 0 Å². The molecule has 13 heteroatoms. The Kier molecular flexibility index (Phi) is 14.2. The Morgan fingerprint density at radius 2 is 1.84 bits per heavy atom. The number of urea groups is 1. The van der Waals surface area contributed by atoms with Crippen molar-refractivity contribution in [3.8, 4) is 0 Å². The molecule has 2 heterocycles. The molecule has 1 aliphatic rings. The molecule has 0 aliphatic carbocycles. The van der Waals surface area contributed by atoms with Crippen LogP contribution in [0.5, 0.6) is 0 Å². The largest absolute Gasteiger partial charge is 0.444 e. The van der Waals surface area contributed by atoms with Crippen LogP contribution in [0, 0.1) is 0 Å². The smallest absolute Gasteiger partial charge is 0.407 e. The van der Waals surface area contributed by atoms with Gasteiger partial charge in [-0.3, -0.25) is 14.7 Å². The highest BCUT2D eigenvalue weighted by molar-refractivity contribution is 7.09. The van der Waals surface area contributed by atoms with Gasteiger partial charge < -0.3 is 35.1 Å². The molecule has 0 saturated carbocycles. The van der Waals surface area contributed by atoms with Crippen LogP contribution in [-0.2, 0) is 25.6 Å². The molecule has 2 rings (SSSR count). The Morgan fingerprint density at radius 1 is 1.14 bits per heavy atom. The fourth-order valence-electron chi connectivity index (χ4n) is 3.67. The predicted molar refractivity (Wildman–Crippen MR) is 140 cm³/mol. The molecule has 4 amide bonds. The van der Waals surface area contributed by atoms with Gasteiger partial charge in [-0.05, 0) is 33.1 Å². The summed E-state index contributed by atoms with van der Waals surface area (Å²) in [5.74, 6) is -0.223. The van der Waals surface area contributed by atoms with Gasteiger partial charge in [0.1, 0.15) is 12.6 Å². The molecule has 3 unspecified atom stereocenters. The first-order valence-corrected chi connectivity index (χ1v) is 13.6. The van der Waals surface area contributed by atoms with Gasteiger partial charge in [0.15, 0.2) is 0 Å². The number of aromatic nitrogens is 1. The number of rotatable bonds is 15. The van der Waals surface area contributed by atoms with Crippen LogP contribution >= 0.6 is 11.3 Å². The summed E-state index contributed by atoms with van der Waals surface area (Å²) in [6.07, 6.45) is 2.98. The molecule has 12 nitrogen and oxygen atoms in total. The molecule has 1 fully saturated rings. The third-order valence-corrected chi connectivity index (χ3v) is 6.80. The normalized spacial score (nSPS) is 16.3. The molecule has 3 N–H and O–H groups in total. The molecule has 1 aromatic rings. The molecular formula is C24H42N6O6S. The van der Waals surface area contributed by atoms with E-state index < -0.39 is 12.1 Å². The van der Waals surface area contributed by atoms with E-state index in [9.17, 15) is 14.4 Å². The van der Waals surface area contributed by atoms with E-state index in [1.54, 1.807) is 25.9 Å². The molecule has 1 aromatic heterocycles. The van der Waals surface area contributed by atoms with Crippen LogP contribution in [0.25, 0.3) is 0 Å². The van der Waals surface area contributed by atoms with Gasteiger partial charge in [0.05, 0.1) is 30.2 Å². The van der Waals surface area contributed by atoms with E-state index in [1.165, 1.54) is 16.2 Å². The SMILES string of the molecule is COCCN(C)C(=O)NC(CCN1CCOCC1)C(=O)NC(C)CCC(C)NC(=O)OCc1cncs1. The molecule has 1 aliphatic heterocycles. The van der Waals surface area contributed by atoms with E-state index in [1.807, 2.05) is 13.8 Å². The molecule has 0 bridgehead atoms. The molecule has 0 spiro atoms. The van der Waals surface area contributed by atoms with Gasteiger partial charge in [0, 0.05) is 58.6 Å². The number of amides is 4. The fourth-order valence-corrected chi connectivity index (χ4v) is 4.18. The van der Waals surface area contributed by atoms with Gasteiger partial charge in [0.2, 0.25) is 5.91 Å². The van der Waals surface area contributed by atoms with Gasteiger partial charge in [-0.2, -0.15) is 0 Å². The molecule has 0 aromatic carbocycles. The minimum absolute atomic E-state index is 0.125. The van der Waals surface area contributed by atoms with E-state index in [4.69, 9.17) is 14.2 Å². The zero-order valence-electron chi connectivity index (χ0n) is 22.4. The van der Waals surface area contributed by atoms with Gasteiger partial charge in [-0.1, -0.05) is 0 Å². The van der Waals surface area contributed by atoms with Gasteiger partial charge >= 0.3 is 12.1 Å². The number of ether oxygens (including phenoxy) is 3. The van der Waals surface area contributed by atoms with E-state index in [2.05, 4.69) is 25.8 Å². The third-order valence-electron chi connectivity index (χ3n) is 6.04. The lowest BCUT2D eigenvalue weighted by Crippen LogP contribution is -2.53. The highest BCUT2D eigenvalue weighted by atomic mass is 32.1. The van der Waals surface area contributed by atoms with Gasteiger partial charge in [0.25, 0.3) is 0 Å². The van der Waals surface area contributed by atoms with Crippen LogP contribution in [0.15, 0.2) is 11.7 Å². The summed E-state index contributed by atoms with van der Waals surface area (Å²) in [7, 11) is 3.25. The number of thiazole rings is 1. The average molecular weight is 543 g/mol. The van der Waals surface area contributed by atoms with Crippen LogP contribution in [0.4, 0.5) is 9.59 Å². The first-order chi connectivity index (χ1) is 17.8. The van der Waals surface area contributed by atoms with Crippen molar-refractivity contribution >= 4 is 29.4 Å². The molecular weight excluding hydrogens is 500 g/mol. The topological polar surface area (TPSA) is 134 Å². The Morgan fingerprint density at radius 3 is 2.49 bits per heavy atom. The second-order valence-corrected chi connectivity index (χ2v) is 10.2. The van der Waals surface area contributed by atoms with Crippen molar-refractivity contribution in [1.82, 2.24) is 30.7 Å². The van der Waals surface area contributed by atoms with Crippen molar-refractivity contribution in [3.05, 3.63) is 16.6 Å². The molecule has 0 radical (unpaired) electrons. The van der Waals surface area contributed by atoms with Crippen molar-refractivity contribution in [3.63, 3.8) is 0 Å². The molecule has 210 valence electrons. The number of alkyl carbamates (subject to hydrolysis) is 1. The molecule has 3 atom stereocenters. The lowest BCUT2D eigenvalue weighted by molar-refractivity contribution is -0.124. The number of morpholine rings is 1. The van der Waals surface area contributed by atoms with Crippen LogP contribution in [0.1, 0.15) is 38.0 Å². The van der Waals surface area contributed by atoms with E-state index in [-0.39, 0.29) is 30.6 Å². The highest BCUT2D eigenvalue weighted by Crippen LogP contribution is 2.08. The van der Waals surface area contributed by atoms with Crippen molar-refractivity contribution in [2.45, 2.75) is 57.8 Å². The van der Waals surface area contributed by atoms with E-state index in [0.29, 0.717) is 52.2 Å². The number of hydrogen-bond acceptors (Lipinski definition) is 9. The zero-order chi connectivity index (χ0) is 27.0. The summed E-state index contributed by atoms with van der Waals surface area (Å²) < 4.78 is 15.6. The number of methoxy groups -OCH3 is 1. The Hall–Kier alpha value is -2.48. The summed E-state index contributed by atoms with van der Waals surface area (Å²) in [6, 6.07) is -1.25. The zero-order valence-corrected chi connectivity index (χ0v) is 23.2. The average Bonchev–Trinajstić information content (AvgIpc) is 3.41. The third kappa shape index (κ3) is 12.5. The number of likely N-dealkylation sites (N-methyl/N-ethyl adjacent to an activating group) is 1. The predicted octanol–water partition coefficient (Wildman–Crippen LogP) is 1.42. The summed E-state index contributed by atoms with van der Waals surface area (Å²) in [6.45, 7) is 8.48. The summed E-state index contributed by atoms with van der Waals surface area (Å²) >= 11 is 1.43. The fraction of sp³-hybridized carbons (Fsp3) is 0.750. The standard InChI is InChI=1S/C24H42N6O6S/c1-18(5-6-19(2)27-24(33)36-16-20-15-25-17-37-20)26-22(31)21(7-8-30-10-13-35-14-11-30)28-23(32)29(3)9-12-34-4/h15,17-19,21H,5-14,16H2,1-4H3,(H,26,31)(H,27,33)(H,28,32). The summed E-state index contributed by atoms with van der Waals surface area (Å²) in [4.78, 5) is 46.3. The highest BCUT2D eigenvalue weighted by Gasteiger charge is 2.25.